The number of urea groups is 1. The third kappa shape index (κ3) is 7.24. The van der Waals surface area contributed by atoms with E-state index in [-0.39, 0.29) is 6.54 Å². The number of benzene rings is 2. The Morgan fingerprint density at radius 1 is 1.11 bits per heavy atom. The van der Waals surface area contributed by atoms with Crippen LogP contribution in [0, 0.1) is 0 Å². The quantitative estimate of drug-likeness (QED) is 0.503. The third-order valence-electron chi connectivity index (χ3n) is 3.49. The van der Waals surface area contributed by atoms with Gasteiger partial charge in [0.25, 0.3) is 5.91 Å². The average molecular weight is 447 g/mol. The van der Waals surface area contributed by atoms with Gasteiger partial charge < -0.3 is 14.8 Å². The van der Waals surface area contributed by atoms with Gasteiger partial charge in [-0.3, -0.25) is 10.1 Å². The molecule has 0 fully saturated rings. The minimum Gasteiger partial charge on any atom is -0.496 e. The Morgan fingerprint density at radius 2 is 1.86 bits per heavy atom. The number of hydrogen-bond acceptors (Lipinski definition) is 5. The second-order valence-electron chi connectivity index (χ2n) is 5.54. The van der Waals surface area contributed by atoms with Crippen LogP contribution in [-0.4, -0.2) is 31.6 Å². The monoisotopic (exact) mass is 446 g/mol. The second kappa shape index (κ2) is 10.9. The minimum atomic E-state index is -0.729. The summed E-state index contributed by atoms with van der Waals surface area (Å²) in [6.45, 7) is -0.297. The minimum absolute atomic E-state index is 0.275. The Hall–Kier alpha value is -3.13. The molecule has 0 unspecified atom stereocenters. The number of amides is 3. The van der Waals surface area contributed by atoms with Crippen LogP contribution in [0.4, 0.5) is 4.79 Å². The van der Waals surface area contributed by atoms with Gasteiger partial charge in [-0.1, -0.05) is 46.3 Å². The number of imide groups is 1. The number of carbonyl (C=O) groups excluding carboxylic acids is 3. The van der Waals surface area contributed by atoms with Crippen molar-refractivity contribution in [2.24, 2.45) is 0 Å². The average Bonchev–Trinajstić information content (AvgIpc) is 2.70. The molecule has 8 heteroatoms. The van der Waals surface area contributed by atoms with Gasteiger partial charge in [-0.2, -0.15) is 0 Å². The molecule has 7 nitrogen and oxygen atoms in total. The first-order valence-corrected chi connectivity index (χ1v) is 9.07. The van der Waals surface area contributed by atoms with E-state index in [0.717, 1.165) is 10.0 Å². The van der Waals surface area contributed by atoms with E-state index in [1.807, 2.05) is 36.4 Å². The van der Waals surface area contributed by atoms with Gasteiger partial charge in [0.2, 0.25) is 0 Å². The highest BCUT2D eigenvalue weighted by molar-refractivity contribution is 9.10. The van der Waals surface area contributed by atoms with Crippen LogP contribution in [0.3, 0.4) is 0 Å². The van der Waals surface area contributed by atoms with Gasteiger partial charge in [0.15, 0.2) is 6.61 Å². The molecule has 0 aliphatic carbocycles. The van der Waals surface area contributed by atoms with Crippen LogP contribution >= 0.6 is 15.9 Å². The lowest BCUT2D eigenvalue weighted by molar-refractivity contribution is -0.143. The molecule has 0 saturated carbocycles. The summed E-state index contributed by atoms with van der Waals surface area (Å²) in [5.41, 5.74) is 1.56. The van der Waals surface area contributed by atoms with E-state index in [1.165, 1.54) is 19.3 Å². The normalized spacial score (nSPS) is 10.4. The van der Waals surface area contributed by atoms with E-state index in [9.17, 15) is 14.4 Å². The van der Waals surface area contributed by atoms with Crippen LogP contribution in [-0.2, 0) is 20.9 Å². The number of nitrogens with one attached hydrogen (secondary N) is 2. The summed E-state index contributed by atoms with van der Waals surface area (Å²) in [7, 11) is 1.52. The van der Waals surface area contributed by atoms with Crippen LogP contribution in [0.1, 0.15) is 11.1 Å². The number of carbonyl (C=O) groups is 3. The molecular formula is C20H19BrN2O5. The van der Waals surface area contributed by atoms with E-state index in [4.69, 9.17) is 9.47 Å². The molecule has 0 radical (unpaired) electrons. The molecule has 0 spiro atoms. The van der Waals surface area contributed by atoms with E-state index >= 15 is 0 Å². The number of halogens is 1. The molecule has 3 amide bonds. The number of hydrogen-bond donors (Lipinski definition) is 2. The third-order valence-corrected chi connectivity index (χ3v) is 3.98. The predicted octanol–water partition coefficient (Wildman–Crippen LogP) is 3.04. The van der Waals surface area contributed by atoms with Gasteiger partial charge in [0, 0.05) is 22.7 Å². The first kappa shape index (κ1) is 21.2. The Balaban J connectivity index is 1.75. The molecule has 0 atom stereocenters. The lowest BCUT2D eigenvalue weighted by Gasteiger charge is -2.07. The van der Waals surface area contributed by atoms with Crippen molar-refractivity contribution in [3.8, 4) is 5.75 Å². The largest absolute Gasteiger partial charge is 0.496 e. The zero-order chi connectivity index (χ0) is 20.4. The molecule has 2 N–H and O–H groups in total. The van der Waals surface area contributed by atoms with Crippen molar-refractivity contribution in [2.75, 3.05) is 13.7 Å². The van der Waals surface area contributed by atoms with E-state index in [1.54, 1.807) is 12.1 Å². The zero-order valence-electron chi connectivity index (χ0n) is 15.1. The first-order valence-electron chi connectivity index (χ1n) is 8.28. The Bertz CT molecular complexity index is 868. The topological polar surface area (TPSA) is 93.7 Å². The molecule has 0 heterocycles. The van der Waals surface area contributed by atoms with Crippen molar-refractivity contribution in [1.29, 1.82) is 0 Å². The molecule has 28 heavy (non-hydrogen) atoms. The smallest absolute Gasteiger partial charge is 0.331 e. The second-order valence-corrected chi connectivity index (χ2v) is 6.46. The van der Waals surface area contributed by atoms with Crippen molar-refractivity contribution < 1.29 is 23.9 Å². The molecule has 0 aliphatic rings. The van der Waals surface area contributed by atoms with Gasteiger partial charge in [0.05, 0.1) is 7.11 Å². The lowest BCUT2D eigenvalue weighted by Crippen LogP contribution is -2.41. The first-order chi connectivity index (χ1) is 13.5. The van der Waals surface area contributed by atoms with Crippen LogP contribution in [0.25, 0.3) is 6.08 Å². The van der Waals surface area contributed by atoms with E-state index in [0.29, 0.717) is 11.3 Å². The van der Waals surface area contributed by atoms with E-state index < -0.39 is 24.5 Å². The molecule has 2 rings (SSSR count). The Morgan fingerprint density at radius 3 is 2.57 bits per heavy atom. The number of methoxy groups -OCH3 is 1. The summed E-state index contributed by atoms with van der Waals surface area (Å²) in [5.74, 6) is -0.866. The molecule has 2 aromatic carbocycles. The Labute approximate surface area is 170 Å². The fourth-order valence-electron chi connectivity index (χ4n) is 2.16. The summed E-state index contributed by atoms with van der Waals surface area (Å²) >= 11 is 3.34. The van der Waals surface area contributed by atoms with Crippen LogP contribution < -0.4 is 15.4 Å². The van der Waals surface area contributed by atoms with Crippen molar-refractivity contribution in [3.63, 3.8) is 0 Å². The van der Waals surface area contributed by atoms with Gasteiger partial charge in [0.1, 0.15) is 5.75 Å². The molecule has 0 saturated heterocycles. The van der Waals surface area contributed by atoms with Crippen LogP contribution in [0.5, 0.6) is 5.75 Å². The van der Waals surface area contributed by atoms with Crippen LogP contribution in [0.2, 0.25) is 0 Å². The molecular weight excluding hydrogens is 428 g/mol. The van der Waals surface area contributed by atoms with Crippen molar-refractivity contribution in [1.82, 2.24) is 10.6 Å². The summed E-state index contributed by atoms with van der Waals surface area (Å²) < 4.78 is 10.8. The van der Waals surface area contributed by atoms with Gasteiger partial charge in [-0.05, 0) is 29.8 Å². The highest BCUT2D eigenvalue weighted by Gasteiger charge is 2.10. The molecule has 146 valence electrons. The summed E-state index contributed by atoms with van der Waals surface area (Å²) in [6, 6.07) is 13.9. The maximum atomic E-state index is 11.8. The number of rotatable bonds is 7. The standard InChI is InChI=1S/C20H19BrN2O5/c1-27-17-9-8-16(21)11-15(17)7-10-19(25)28-13-18(24)23-20(26)22-12-14-5-3-2-4-6-14/h2-11H,12-13H2,1H3,(H2,22,23,24,26)/b10-7+. The van der Waals surface area contributed by atoms with Gasteiger partial charge >= 0.3 is 12.0 Å². The number of ether oxygens (including phenoxy) is 2. The molecule has 2 aromatic rings. The molecule has 0 aliphatic heterocycles. The predicted molar refractivity (Wildman–Crippen MR) is 108 cm³/mol. The fourth-order valence-corrected chi connectivity index (χ4v) is 2.54. The SMILES string of the molecule is COc1ccc(Br)cc1/C=C/C(=O)OCC(=O)NC(=O)NCc1ccccc1. The summed E-state index contributed by atoms with van der Waals surface area (Å²) in [5, 5.41) is 4.63. The van der Waals surface area contributed by atoms with Crippen molar-refractivity contribution in [2.45, 2.75) is 6.54 Å². The molecule has 0 aromatic heterocycles. The Kier molecular flexibility index (Phi) is 8.23. The van der Waals surface area contributed by atoms with Gasteiger partial charge in [-0.25, -0.2) is 9.59 Å². The van der Waals surface area contributed by atoms with Crippen LogP contribution in [0.15, 0.2) is 59.1 Å². The van der Waals surface area contributed by atoms with Crippen molar-refractivity contribution in [3.05, 3.63) is 70.2 Å². The van der Waals surface area contributed by atoms with Crippen molar-refractivity contribution >= 4 is 39.9 Å². The maximum absolute atomic E-state index is 11.8. The highest BCUT2D eigenvalue weighted by Crippen LogP contribution is 2.24. The van der Waals surface area contributed by atoms with E-state index in [2.05, 4.69) is 26.6 Å². The maximum Gasteiger partial charge on any atom is 0.331 e. The zero-order valence-corrected chi connectivity index (χ0v) is 16.7. The molecule has 0 bridgehead atoms. The fraction of sp³-hybridized carbons (Fsp3) is 0.150. The summed E-state index contributed by atoms with van der Waals surface area (Å²) in [6.07, 6.45) is 2.68. The summed E-state index contributed by atoms with van der Waals surface area (Å²) in [4.78, 5) is 35.1. The highest BCUT2D eigenvalue weighted by atomic mass is 79.9. The number of esters is 1. The lowest BCUT2D eigenvalue weighted by atomic mass is 10.2. The van der Waals surface area contributed by atoms with Gasteiger partial charge in [-0.15, -0.1) is 0 Å².